The minimum absolute atomic E-state index is 0.145. The van der Waals surface area contributed by atoms with Crippen LogP contribution >= 0.6 is 0 Å². The van der Waals surface area contributed by atoms with Gasteiger partial charge in [-0.25, -0.2) is 5.53 Å². The summed E-state index contributed by atoms with van der Waals surface area (Å²) in [4.78, 5) is 0. The first-order valence-corrected chi connectivity index (χ1v) is 8.47. The van der Waals surface area contributed by atoms with Crippen LogP contribution in [0.3, 0.4) is 0 Å². The van der Waals surface area contributed by atoms with E-state index in [1.165, 1.54) is 0 Å². The zero-order chi connectivity index (χ0) is 19.7. The Morgan fingerprint density at radius 3 is 1.71 bits per heavy atom. The molecule has 3 aromatic carbocycles. The molecule has 0 saturated heterocycles. The van der Waals surface area contributed by atoms with Crippen LogP contribution in [0, 0.1) is 5.53 Å². The number of nitrogens with two attached hydrogens (primary N) is 1. The second kappa shape index (κ2) is 9.06. The van der Waals surface area contributed by atoms with Gasteiger partial charge in [-0.3, -0.25) is 0 Å². The van der Waals surface area contributed by atoms with Gasteiger partial charge in [-0.2, -0.15) is 5.10 Å². The molecule has 1 heterocycles. The molecule has 4 rings (SSSR count). The molecule has 3 aromatic rings. The number of hydrogen-bond donors (Lipinski definition) is 2. The molecule has 1 aliphatic heterocycles. The largest absolute Gasteiger partial charge is 0.322 e. The van der Waals surface area contributed by atoms with Crippen LogP contribution in [0.4, 0.5) is 11.4 Å². The lowest BCUT2D eigenvalue weighted by molar-refractivity contribution is 0.575. The van der Waals surface area contributed by atoms with Gasteiger partial charge in [0.25, 0.3) is 5.84 Å². The fourth-order valence-electron chi connectivity index (χ4n) is 2.88. The lowest BCUT2D eigenvalue weighted by Gasteiger charge is -2.26. The molecule has 0 unspecified atom stereocenters. The molecular weight excluding hydrogens is 352 g/mol. The normalized spacial score (nSPS) is 14.2. The monoisotopic (exact) mass is 371 g/mol. The van der Waals surface area contributed by atoms with Crippen molar-refractivity contribution in [3.05, 3.63) is 96.6 Å². The average Bonchev–Trinajstić information content (AvgIpc) is 3.23. The highest BCUT2D eigenvalue weighted by molar-refractivity contribution is 6.09. The van der Waals surface area contributed by atoms with Crippen molar-refractivity contribution in [2.45, 2.75) is 0 Å². The third-order valence-electron chi connectivity index (χ3n) is 4.04. The Labute approximate surface area is 162 Å². The molecule has 28 heavy (non-hydrogen) atoms. The van der Waals surface area contributed by atoms with Gasteiger partial charge < -0.3 is 5.84 Å². The highest BCUT2D eigenvalue weighted by atomic mass is 15.8. The van der Waals surface area contributed by atoms with E-state index in [9.17, 15) is 0 Å². The highest BCUT2D eigenvalue weighted by Crippen LogP contribution is 2.40. The molecule has 0 aliphatic carbocycles. The summed E-state index contributed by atoms with van der Waals surface area (Å²) in [6.45, 7) is 0. The summed E-state index contributed by atoms with van der Waals surface area (Å²) in [6, 6.07) is 30.3. The topological polar surface area (TPSA) is 112 Å². The predicted octanol–water partition coefficient (Wildman–Crippen LogP) is 4.99. The van der Waals surface area contributed by atoms with E-state index < -0.39 is 0 Å². The van der Waals surface area contributed by atoms with Crippen molar-refractivity contribution in [3.8, 4) is 0 Å². The number of quaternary nitrogens is 1. The molecule has 1 aliphatic rings. The zero-order valence-corrected chi connectivity index (χ0v) is 15.0. The smallest absolute Gasteiger partial charge is 0.294 e. The molecule has 138 valence electrons. The summed E-state index contributed by atoms with van der Waals surface area (Å²) in [5.74, 6) is 5.29. The molecule has 0 atom stereocenters. The van der Waals surface area contributed by atoms with Crippen LogP contribution in [-0.2, 0) is 0 Å². The maximum Gasteiger partial charge on any atom is 0.294 e. The number of nitrogens with zero attached hydrogens (tertiary/aromatic N) is 6. The fraction of sp³-hybridized carbons (Fsp3) is 0. The number of rotatable bonds is 4. The van der Waals surface area contributed by atoms with Crippen LogP contribution in [-0.4, -0.2) is 12.2 Å². The van der Waals surface area contributed by atoms with E-state index in [2.05, 4.69) is 55.9 Å². The molecule has 8 nitrogen and oxygen atoms in total. The van der Waals surface area contributed by atoms with Crippen molar-refractivity contribution in [1.29, 1.82) is 5.53 Å². The first kappa shape index (κ1) is 18.7. The van der Waals surface area contributed by atoms with Gasteiger partial charge in [-0.15, -0.1) is 5.11 Å². The number of benzene rings is 3. The molecule has 0 fully saturated rings. The van der Waals surface area contributed by atoms with Crippen LogP contribution in [0.15, 0.2) is 117 Å². The van der Waals surface area contributed by atoms with E-state index in [-0.39, 0.29) is 4.59 Å². The minimum Gasteiger partial charge on any atom is -0.322 e. The Kier molecular flexibility index (Phi) is 6.06. The fourth-order valence-corrected chi connectivity index (χ4v) is 2.88. The van der Waals surface area contributed by atoms with Gasteiger partial charge in [-0.05, 0) is 12.1 Å². The number of para-hydroxylation sites is 2. The zero-order valence-electron chi connectivity index (χ0n) is 15.0. The molecule has 3 N–H and O–H groups in total. The Hall–Kier alpha value is -4.04. The second-order valence-electron chi connectivity index (χ2n) is 5.67. The third-order valence-corrected chi connectivity index (χ3v) is 4.04. The summed E-state index contributed by atoms with van der Waals surface area (Å²) in [6.07, 6.45) is 0.944. The lowest BCUT2D eigenvalue weighted by atomic mass is 10.1. The molecule has 0 amide bonds. The van der Waals surface area contributed by atoms with E-state index in [0.717, 1.165) is 29.1 Å². The van der Waals surface area contributed by atoms with Crippen LogP contribution in [0.1, 0.15) is 5.56 Å². The standard InChI is InChI=1S/C19H15N4.CH4N4/c1-4-10-16(11-5-1)19-20-21-22-23(19,17-12-6-2-7-13-17)18-14-8-3-9-15-18;2-4-1-5-3/h1-15H;1-2H,3H2/q+1;. The van der Waals surface area contributed by atoms with Crippen LogP contribution in [0.25, 0.3) is 0 Å². The van der Waals surface area contributed by atoms with E-state index >= 15 is 0 Å². The first-order valence-electron chi connectivity index (χ1n) is 8.47. The Bertz CT molecular complexity index is 943. The molecule has 0 saturated carbocycles. The van der Waals surface area contributed by atoms with Gasteiger partial charge in [0.2, 0.25) is 0 Å². The Morgan fingerprint density at radius 2 is 1.29 bits per heavy atom. The van der Waals surface area contributed by atoms with Crippen molar-refractivity contribution < 1.29 is 0 Å². The van der Waals surface area contributed by atoms with Gasteiger partial charge in [0.1, 0.15) is 0 Å². The predicted molar refractivity (Wildman–Crippen MR) is 110 cm³/mol. The van der Waals surface area contributed by atoms with E-state index in [1.54, 1.807) is 0 Å². The maximum atomic E-state index is 6.00. The van der Waals surface area contributed by atoms with Gasteiger partial charge in [-0.1, -0.05) is 64.3 Å². The quantitative estimate of drug-likeness (QED) is 0.165. The summed E-state index contributed by atoms with van der Waals surface area (Å²) < 4.78 is 0.145. The van der Waals surface area contributed by atoms with Crippen molar-refractivity contribution in [3.63, 3.8) is 0 Å². The van der Waals surface area contributed by atoms with Crippen LogP contribution in [0.2, 0.25) is 0 Å². The second-order valence-corrected chi connectivity index (χ2v) is 5.67. The maximum absolute atomic E-state index is 6.00. The summed E-state index contributed by atoms with van der Waals surface area (Å²) in [7, 11) is 0. The Morgan fingerprint density at radius 1 is 0.786 bits per heavy atom. The number of hydrazone groups is 1. The summed E-state index contributed by atoms with van der Waals surface area (Å²) in [5, 5.41) is 18.5. The van der Waals surface area contributed by atoms with Gasteiger partial charge in [0.15, 0.2) is 17.7 Å². The molecule has 0 bridgehead atoms. The minimum atomic E-state index is 0.145. The van der Waals surface area contributed by atoms with Crippen LogP contribution in [0.5, 0.6) is 0 Å². The molecule has 0 spiro atoms. The molecular formula is C20H19N8+. The van der Waals surface area contributed by atoms with Gasteiger partial charge in [0.05, 0.1) is 10.8 Å². The van der Waals surface area contributed by atoms with Crippen LogP contribution < -0.4 is 10.4 Å². The summed E-state index contributed by atoms with van der Waals surface area (Å²) in [5.41, 5.74) is 9.01. The van der Waals surface area contributed by atoms with Gasteiger partial charge >= 0.3 is 0 Å². The highest BCUT2D eigenvalue weighted by Gasteiger charge is 2.45. The third kappa shape index (κ3) is 3.71. The van der Waals surface area contributed by atoms with E-state index in [4.69, 9.17) is 5.53 Å². The lowest BCUT2D eigenvalue weighted by Crippen LogP contribution is -2.43. The van der Waals surface area contributed by atoms with Crippen molar-refractivity contribution in [2.24, 2.45) is 31.6 Å². The molecule has 0 radical (unpaired) electrons. The van der Waals surface area contributed by atoms with Crippen molar-refractivity contribution >= 4 is 23.5 Å². The van der Waals surface area contributed by atoms with Crippen molar-refractivity contribution in [1.82, 2.24) is 4.59 Å². The van der Waals surface area contributed by atoms with Crippen molar-refractivity contribution in [2.75, 3.05) is 0 Å². The molecule has 8 heteroatoms. The number of hydrogen-bond acceptors (Lipinski definition) is 6. The number of nitrogens with one attached hydrogen (secondary N) is 1. The van der Waals surface area contributed by atoms with Gasteiger partial charge in [0, 0.05) is 29.5 Å². The average molecular weight is 371 g/mol. The summed E-state index contributed by atoms with van der Waals surface area (Å²) >= 11 is 0. The van der Waals surface area contributed by atoms with E-state index in [1.807, 2.05) is 66.7 Å². The number of amidine groups is 1. The Balaban J connectivity index is 0.000000403. The first-order chi connectivity index (χ1) is 13.8. The van der Waals surface area contributed by atoms with E-state index in [0.29, 0.717) is 0 Å². The SMILES string of the molecule is N=NC=NN.c1ccc(C2=NN=N[N+]2(c2ccccc2)c2ccccc2)cc1. The molecule has 0 aromatic heterocycles.